The van der Waals surface area contributed by atoms with Gasteiger partial charge in [-0.15, -0.1) is 0 Å². The minimum atomic E-state index is -1.11. The molecule has 2 aliphatic rings. The molecule has 178 valence electrons. The summed E-state index contributed by atoms with van der Waals surface area (Å²) in [6.07, 6.45) is 3.26. The van der Waals surface area contributed by atoms with Gasteiger partial charge in [-0.05, 0) is 50.3 Å². The fourth-order valence-corrected chi connectivity index (χ4v) is 4.47. The largest absolute Gasteiger partial charge is 0.399 e. The maximum Gasteiger partial charge on any atom is 0.293 e. The second kappa shape index (κ2) is 8.64. The fourth-order valence-electron chi connectivity index (χ4n) is 4.31. The molecule has 2 heterocycles. The van der Waals surface area contributed by atoms with E-state index in [9.17, 15) is 23.2 Å². The molecule has 4 rings (SSSR count). The van der Waals surface area contributed by atoms with Crippen LogP contribution in [0.3, 0.4) is 0 Å². The van der Waals surface area contributed by atoms with Gasteiger partial charge in [0.1, 0.15) is 16.5 Å². The summed E-state index contributed by atoms with van der Waals surface area (Å²) in [4.78, 5) is 39.0. The maximum atomic E-state index is 14.3. The average molecular weight is 491 g/mol. The number of amides is 2. The van der Waals surface area contributed by atoms with Crippen molar-refractivity contribution < 1.29 is 23.2 Å². The minimum Gasteiger partial charge on any atom is -0.399 e. The molecule has 0 spiro atoms. The van der Waals surface area contributed by atoms with E-state index in [0.29, 0.717) is 37.9 Å². The molecule has 1 saturated carbocycles. The number of carbonyl (C=O) groups is 3. The van der Waals surface area contributed by atoms with Gasteiger partial charge in [0.05, 0.1) is 28.7 Å². The molecule has 0 bridgehead atoms. The number of halogens is 3. The zero-order valence-electron chi connectivity index (χ0n) is 18.1. The first-order valence-corrected chi connectivity index (χ1v) is 10.9. The Kier molecular flexibility index (Phi) is 5.98. The lowest BCUT2D eigenvalue weighted by Crippen LogP contribution is -2.44. The Bertz CT molecular complexity index is 1280. The van der Waals surface area contributed by atoms with Crippen molar-refractivity contribution in [1.29, 1.82) is 5.53 Å². The van der Waals surface area contributed by atoms with E-state index in [0.717, 1.165) is 18.3 Å². The van der Waals surface area contributed by atoms with E-state index in [1.54, 1.807) is 4.57 Å². The molecule has 0 atom stereocenters. The van der Waals surface area contributed by atoms with Crippen LogP contribution >= 0.6 is 11.6 Å². The van der Waals surface area contributed by atoms with Crippen LogP contribution in [0.4, 0.5) is 14.5 Å². The van der Waals surface area contributed by atoms with Crippen LogP contribution in [0.25, 0.3) is 0 Å². The Morgan fingerprint density at radius 2 is 2.00 bits per heavy atom. The first-order chi connectivity index (χ1) is 16.1. The highest BCUT2D eigenvalue weighted by Crippen LogP contribution is 2.40. The number of benzene rings is 1. The van der Waals surface area contributed by atoms with Gasteiger partial charge in [-0.25, -0.2) is 14.3 Å². The molecule has 34 heavy (non-hydrogen) atoms. The van der Waals surface area contributed by atoms with Crippen molar-refractivity contribution in [2.45, 2.75) is 44.7 Å². The predicted molar refractivity (Wildman–Crippen MR) is 119 cm³/mol. The van der Waals surface area contributed by atoms with E-state index in [1.165, 1.54) is 6.92 Å². The second-order valence-electron chi connectivity index (χ2n) is 8.31. The number of carbonyl (C=O) groups excluding carboxylic acids is 3. The molecular formula is C22H21ClF2N6O3. The number of ketones is 1. The number of Topliss-reactive ketones (excluding diaryl/α,β-unsaturated/α-hetero) is 1. The number of hydrogen-bond donors (Lipinski definition) is 4. The summed E-state index contributed by atoms with van der Waals surface area (Å²) < 4.78 is 29.4. The summed E-state index contributed by atoms with van der Waals surface area (Å²) in [6.45, 7) is 1.97. The highest BCUT2D eigenvalue weighted by Gasteiger charge is 2.48. The van der Waals surface area contributed by atoms with E-state index in [1.807, 2.05) is 0 Å². The Balaban J connectivity index is 1.64. The van der Waals surface area contributed by atoms with E-state index in [-0.39, 0.29) is 28.2 Å². The molecule has 5 N–H and O–H groups in total. The third-order valence-corrected chi connectivity index (χ3v) is 6.55. The van der Waals surface area contributed by atoms with Gasteiger partial charge in [-0.1, -0.05) is 11.6 Å². The summed E-state index contributed by atoms with van der Waals surface area (Å²) in [7, 11) is 0. The van der Waals surface area contributed by atoms with E-state index >= 15 is 0 Å². The van der Waals surface area contributed by atoms with E-state index in [4.69, 9.17) is 22.9 Å². The fraction of sp³-hybridized carbons (Fsp3) is 0.318. The number of aromatic nitrogens is 1. The lowest BCUT2D eigenvalue weighted by atomic mass is 10.0. The van der Waals surface area contributed by atoms with Gasteiger partial charge < -0.3 is 20.9 Å². The monoisotopic (exact) mass is 490 g/mol. The quantitative estimate of drug-likeness (QED) is 0.203. The highest BCUT2D eigenvalue weighted by atomic mass is 35.5. The summed E-state index contributed by atoms with van der Waals surface area (Å²) >= 11 is 5.59. The normalized spacial score (nSPS) is 16.1. The number of hydrogen-bond acceptors (Lipinski definition) is 6. The van der Waals surface area contributed by atoms with Crippen LogP contribution in [-0.4, -0.2) is 27.7 Å². The van der Waals surface area contributed by atoms with Gasteiger partial charge >= 0.3 is 0 Å². The highest BCUT2D eigenvalue weighted by molar-refractivity contribution is 6.44. The SMILES string of the molecule is Cc1c(C(=O)C(=O)NC2(/C(N)=C/N=N)CC2)c2n(c1C(=O)Nc1ccc(F)c(Cl)c1F)CCC2. The van der Waals surface area contributed by atoms with Crippen molar-refractivity contribution in [3.63, 3.8) is 0 Å². The summed E-state index contributed by atoms with van der Waals surface area (Å²) in [5.74, 6) is -4.50. The van der Waals surface area contributed by atoms with Crippen molar-refractivity contribution in [1.82, 2.24) is 9.88 Å². The summed E-state index contributed by atoms with van der Waals surface area (Å²) in [6, 6.07) is 1.98. The van der Waals surface area contributed by atoms with Crippen LogP contribution in [0.5, 0.6) is 0 Å². The first-order valence-electron chi connectivity index (χ1n) is 10.5. The number of fused-ring (bicyclic) bond motifs is 1. The van der Waals surface area contributed by atoms with E-state index < -0.39 is 39.8 Å². The molecule has 1 fully saturated rings. The number of rotatable bonds is 7. The van der Waals surface area contributed by atoms with Crippen LogP contribution in [0, 0.1) is 24.1 Å². The van der Waals surface area contributed by atoms with Gasteiger partial charge in [0, 0.05) is 12.2 Å². The van der Waals surface area contributed by atoms with Gasteiger partial charge in [0.2, 0.25) is 0 Å². The molecule has 0 unspecified atom stereocenters. The van der Waals surface area contributed by atoms with Crippen molar-refractivity contribution in [2.75, 3.05) is 5.32 Å². The molecule has 1 aliphatic carbocycles. The van der Waals surface area contributed by atoms with Gasteiger partial charge in [-0.3, -0.25) is 14.4 Å². The summed E-state index contributed by atoms with van der Waals surface area (Å²) in [5.41, 5.74) is 12.8. The van der Waals surface area contributed by atoms with Crippen LogP contribution < -0.4 is 16.4 Å². The molecule has 1 aromatic carbocycles. The summed E-state index contributed by atoms with van der Waals surface area (Å²) in [5, 5.41) is 7.37. The van der Waals surface area contributed by atoms with Crippen LogP contribution in [-0.2, 0) is 17.8 Å². The van der Waals surface area contributed by atoms with Crippen molar-refractivity contribution in [3.8, 4) is 0 Å². The Hall–Kier alpha value is -3.60. The molecular weight excluding hydrogens is 470 g/mol. The number of nitrogens with zero attached hydrogens (tertiary/aromatic N) is 2. The van der Waals surface area contributed by atoms with Crippen LogP contribution in [0.15, 0.2) is 29.1 Å². The number of nitrogens with two attached hydrogens (primary N) is 1. The third kappa shape index (κ3) is 3.85. The van der Waals surface area contributed by atoms with E-state index in [2.05, 4.69) is 15.7 Å². The minimum absolute atomic E-state index is 0.108. The van der Waals surface area contributed by atoms with Crippen molar-refractivity contribution >= 4 is 34.9 Å². The van der Waals surface area contributed by atoms with Crippen molar-refractivity contribution in [3.05, 3.63) is 63.2 Å². The first kappa shape index (κ1) is 23.6. The second-order valence-corrected chi connectivity index (χ2v) is 8.68. The van der Waals surface area contributed by atoms with Crippen LogP contribution in [0.2, 0.25) is 5.02 Å². The Labute approximate surface area is 197 Å². The standard InChI is InChI=1S/C22H21ClF2N6O3/c1-10-15(19(32)21(34)30-22(6-7-22)14(26)9-28-27)13-3-2-8-31(13)18(10)20(33)29-12-5-4-11(24)16(23)17(12)25/h4-5,9,27H,2-3,6-8,26H2,1H3,(H,29,33)(H,30,34)/b14-9-,28-27?. The Morgan fingerprint density at radius 3 is 2.65 bits per heavy atom. The molecule has 9 nitrogen and oxygen atoms in total. The molecule has 2 aromatic rings. The zero-order valence-corrected chi connectivity index (χ0v) is 18.9. The lowest BCUT2D eigenvalue weighted by molar-refractivity contribution is -0.117. The molecule has 2 amide bonds. The van der Waals surface area contributed by atoms with Gasteiger partial charge in [0.25, 0.3) is 17.6 Å². The van der Waals surface area contributed by atoms with Crippen LogP contribution in [0.1, 0.15) is 51.4 Å². The zero-order chi connectivity index (χ0) is 24.8. The number of nitrogens with one attached hydrogen (secondary N) is 3. The lowest BCUT2D eigenvalue weighted by Gasteiger charge is -2.17. The molecule has 1 aromatic heterocycles. The molecule has 12 heteroatoms. The van der Waals surface area contributed by atoms with Gasteiger partial charge in [-0.2, -0.15) is 5.11 Å². The Morgan fingerprint density at radius 1 is 1.29 bits per heavy atom. The van der Waals surface area contributed by atoms with Gasteiger partial charge in [0.15, 0.2) is 5.82 Å². The topological polar surface area (TPSA) is 142 Å². The van der Waals surface area contributed by atoms with Crippen molar-refractivity contribution in [2.24, 2.45) is 10.8 Å². The molecule has 0 radical (unpaired) electrons. The molecule has 1 aliphatic heterocycles. The third-order valence-electron chi connectivity index (χ3n) is 6.20. The average Bonchev–Trinajstić information content (AvgIpc) is 3.34. The predicted octanol–water partition coefficient (Wildman–Crippen LogP) is 3.59. The maximum absolute atomic E-state index is 14.3. The number of anilines is 1. The smallest absolute Gasteiger partial charge is 0.293 e. The molecule has 0 saturated heterocycles.